The van der Waals surface area contributed by atoms with Gasteiger partial charge in [-0.15, -0.1) is 0 Å². The Kier molecular flexibility index (Phi) is 6.50. The molecule has 2 N–H and O–H groups in total. The molecule has 0 fully saturated rings. The summed E-state index contributed by atoms with van der Waals surface area (Å²) in [7, 11) is 1.30. The number of methoxy groups -OCH3 is 1. The third-order valence-electron chi connectivity index (χ3n) is 3.51. The van der Waals surface area contributed by atoms with Crippen molar-refractivity contribution >= 4 is 45.8 Å². The molecule has 2 aromatic rings. The molecule has 0 atom stereocenters. The van der Waals surface area contributed by atoms with Gasteiger partial charge in [-0.25, -0.2) is 0 Å². The number of carbonyl (C=O) groups is 2. The molecule has 0 aromatic heterocycles. The van der Waals surface area contributed by atoms with Gasteiger partial charge in [-0.1, -0.05) is 0 Å². The number of anilines is 1. The van der Waals surface area contributed by atoms with Crippen LogP contribution in [0, 0.1) is 20.6 Å². The third kappa shape index (κ3) is 4.91. The third-order valence-corrected chi connectivity index (χ3v) is 4.18. The molecule has 0 radical (unpaired) electrons. The van der Waals surface area contributed by atoms with Crippen molar-refractivity contribution in [3.8, 4) is 5.75 Å². The van der Waals surface area contributed by atoms with Crippen LogP contribution in [0.5, 0.6) is 5.75 Å². The minimum absolute atomic E-state index is 0.0541. The molecule has 0 aliphatic carbocycles. The SMILES string of the molecule is COc1ccc(C(=O)NCC(=O)Nc2ccc(I)cc2C)cc1[N+](=O)[O-]. The topological polar surface area (TPSA) is 111 Å². The van der Waals surface area contributed by atoms with Crippen molar-refractivity contribution in [1.29, 1.82) is 0 Å². The molecular formula is C17H16IN3O5. The molecule has 0 saturated carbocycles. The van der Waals surface area contributed by atoms with E-state index in [1.54, 1.807) is 6.07 Å². The van der Waals surface area contributed by atoms with Crippen LogP contribution in [-0.4, -0.2) is 30.4 Å². The highest BCUT2D eigenvalue weighted by atomic mass is 127. The lowest BCUT2D eigenvalue weighted by Gasteiger charge is -2.10. The molecule has 0 unspecified atom stereocenters. The predicted octanol–water partition coefficient (Wildman–Crippen LogP) is 2.88. The van der Waals surface area contributed by atoms with E-state index in [9.17, 15) is 19.7 Å². The van der Waals surface area contributed by atoms with E-state index < -0.39 is 16.7 Å². The fourth-order valence-corrected chi connectivity index (χ4v) is 2.85. The number of nitrogens with one attached hydrogen (secondary N) is 2. The van der Waals surface area contributed by atoms with Gasteiger partial charge < -0.3 is 15.4 Å². The lowest BCUT2D eigenvalue weighted by Crippen LogP contribution is -2.33. The zero-order valence-corrected chi connectivity index (χ0v) is 16.2. The maximum atomic E-state index is 12.1. The second-order valence-electron chi connectivity index (χ2n) is 5.33. The summed E-state index contributed by atoms with van der Waals surface area (Å²) in [4.78, 5) is 34.5. The summed E-state index contributed by atoms with van der Waals surface area (Å²) in [5.74, 6) is -0.936. The van der Waals surface area contributed by atoms with Gasteiger partial charge in [0.15, 0.2) is 5.75 Å². The Balaban J connectivity index is 2.00. The van der Waals surface area contributed by atoms with Crippen LogP contribution in [-0.2, 0) is 4.79 Å². The summed E-state index contributed by atoms with van der Waals surface area (Å²) < 4.78 is 5.94. The van der Waals surface area contributed by atoms with E-state index in [1.165, 1.54) is 19.2 Å². The van der Waals surface area contributed by atoms with Crippen molar-refractivity contribution in [3.63, 3.8) is 0 Å². The molecule has 8 nitrogen and oxygen atoms in total. The molecule has 2 rings (SSSR count). The van der Waals surface area contributed by atoms with Gasteiger partial charge in [-0.3, -0.25) is 19.7 Å². The molecule has 0 heterocycles. The van der Waals surface area contributed by atoms with Crippen molar-refractivity contribution in [2.24, 2.45) is 0 Å². The minimum Gasteiger partial charge on any atom is -0.490 e. The maximum absolute atomic E-state index is 12.1. The summed E-state index contributed by atoms with van der Waals surface area (Å²) in [6, 6.07) is 9.40. The second-order valence-corrected chi connectivity index (χ2v) is 6.58. The van der Waals surface area contributed by atoms with Crippen LogP contribution < -0.4 is 15.4 Å². The zero-order chi connectivity index (χ0) is 19.3. The number of halogens is 1. The summed E-state index contributed by atoms with van der Waals surface area (Å²) in [5, 5.41) is 16.2. The Bertz CT molecular complexity index is 869. The smallest absolute Gasteiger partial charge is 0.311 e. The van der Waals surface area contributed by atoms with Gasteiger partial charge in [0.05, 0.1) is 18.6 Å². The number of hydrogen-bond donors (Lipinski definition) is 2. The van der Waals surface area contributed by atoms with Crippen molar-refractivity contribution in [2.45, 2.75) is 6.92 Å². The van der Waals surface area contributed by atoms with Crippen LogP contribution in [0.15, 0.2) is 36.4 Å². The highest BCUT2D eigenvalue weighted by Crippen LogP contribution is 2.27. The maximum Gasteiger partial charge on any atom is 0.311 e. The molecule has 0 aliphatic heterocycles. The Hall–Kier alpha value is -2.69. The quantitative estimate of drug-likeness (QED) is 0.384. The number of hydrogen-bond acceptors (Lipinski definition) is 5. The average Bonchev–Trinajstić information content (AvgIpc) is 2.61. The number of aryl methyl sites for hydroxylation is 1. The van der Waals surface area contributed by atoms with Crippen molar-refractivity contribution in [1.82, 2.24) is 5.32 Å². The van der Waals surface area contributed by atoms with Crippen LogP contribution in [0.3, 0.4) is 0 Å². The average molecular weight is 469 g/mol. The number of carbonyl (C=O) groups excluding carboxylic acids is 2. The summed E-state index contributed by atoms with van der Waals surface area (Å²) in [6.45, 7) is 1.61. The van der Waals surface area contributed by atoms with E-state index >= 15 is 0 Å². The van der Waals surface area contributed by atoms with Crippen molar-refractivity contribution < 1.29 is 19.2 Å². The van der Waals surface area contributed by atoms with Crippen LogP contribution >= 0.6 is 22.6 Å². The highest BCUT2D eigenvalue weighted by molar-refractivity contribution is 14.1. The Labute approximate surface area is 163 Å². The number of benzene rings is 2. The Morgan fingerprint density at radius 1 is 1.23 bits per heavy atom. The van der Waals surface area contributed by atoms with Gasteiger partial charge in [0, 0.05) is 20.9 Å². The van der Waals surface area contributed by atoms with E-state index in [1.807, 2.05) is 19.1 Å². The predicted molar refractivity (Wildman–Crippen MR) is 105 cm³/mol. The number of nitro groups is 1. The standard InChI is InChI=1S/C17H16IN3O5/c1-10-7-12(18)4-5-13(10)20-16(22)9-19-17(23)11-3-6-15(26-2)14(8-11)21(24)25/h3-8H,9H2,1-2H3,(H,19,23)(H,20,22). The molecule has 0 saturated heterocycles. The van der Waals surface area contributed by atoms with Crippen LogP contribution in [0.2, 0.25) is 0 Å². The molecular weight excluding hydrogens is 453 g/mol. The van der Waals surface area contributed by atoms with Gasteiger partial charge in [0.2, 0.25) is 5.91 Å². The highest BCUT2D eigenvalue weighted by Gasteiger charge is 2.18. The summed E-state index contributed by atoms with van der Waals surface area (Å²) >= 11 is 2.17. The molecule has 0 spiro atoms. The number of ether oxygens (including phenoxy) is 1. The molecule has 9 heteroatoms. The fourth-order valence-electron chi connectivity index (χ4n) is 2.20. The van der Waals surface area contributed by atoms with Gasteiger partial charge in [0.25, 0.3) is 5.91 Å². The van der Waals surface area contributed by atoms with Gasteiger partial charge >= 0.3 is 5.69 Å². The van der Waals surface area contributed by atoms with Crippen LogP contribution in [0.1, 0.15) is 15.9 Å². The largest absolute Gasteiger partial charge is 0.490 e. The lowest BCUT2D eigenvalue weighted by atomic mass is 10.1. The van der Waals surface area contributed by atoms with Crippen LogP contribution in [0.4, 0.5) is 11.4 Å². The minimum atomic E-state index is -0.637. The van der Waals surface area contributed by atoms with E-state index in [2.05, 4.69) is 33.2 Å². The zero-order valence-electron chi connectivity index (χ0n) is 14.0. The first-order chi connectivity index (χ1) is 12.3. The van der Waals surface area contributed by atoms with E-state index in [-0.39, 0.29) is 23.5 Å². The van der Waals surface area contributed by atoms with Crippen molar-refractivity contribution in [3.05, 3.63) is 61.2 Å². The fraction of sp³-hybridized carbons (Fsp3) is 0.176. The van der Waals surface area contributed by atoms with Gasteiger partial charge in [0.1, 0.15) is 0 Å². The van der Waals surface area contributed by atoms with E-state index in [0.29, 0.717) is 5.69 Å². The van der Waals surface area contributed by atoms with E-state index in [4.69, 9.17) is 4.74 Å². The Morgan fingerprint density at radius 3 is 2.58 bits per heavy atom. The number of nitrogens with zero attached hydrogens (tertiary/aromatic N) is 1. The second kappa shape index (κ2) is 8.61. The normalized spacial score (nSPS) is 10.1. The molecule has 2 aromatic carbocycles. The Morgan fingerprint density at radius 2 is 1.96 bits per heavy atom. The first-order valence-corrected chi connectivity index (χ1v) is 8.56. The molecule has 2 amide bonds. The van der Waals surface area contributed by atoms with Crippen LogP contribution in [0.25, 0.3) is 0 Å². The van der Waals surface area contributed by atoms with Gasteiger partial charge in [-0.05, 0) is 65.4 Å². The molecule has 136 valence electrons. The monoisotopic (exact) mass is 469 g/mol. The number of amides is 2. The summed E-state index contributed by atoms with van der Waals surface area (Å²) in [5.41, 5.74) is 1.31. The first kappa shape index (κ1) is 19.6. The number of nitro benzene ring substituents is 1. The van der Waals surface area contributed by atoms with Gasteiger partial charge in [-0.2, -0.15) is 0 Å². The molecule has 26 heavy (non-hydrogen) atoms. The van der Waals surface area contributed by atoms with E-state index in [0.717, 1.165) is 15.2 Å². The number of rotatable bonds is 6. The summed E-state index contributed by atoms with van der Waals surface area (Å²) in [6.07, 6.45) is 0. The lowest BCUT2D eigenvalue weighted by molar-refractivity contribution is -0.385. The molecule has 0 aliphatic rings. The first-order valence-electron chi connectivity index (χ1n) is 7.48. The van der Waals surface area contributed by atoms with Crippen molar-refractivity contribution in [2.75, 3.05) is 19.0 Å². The molecule has 0 bridgehead atoms.